The Morgan fingerprint density at radius 1 is 1.24 bits per heavy atom. The van der Waals surface area contributed by atoms with Crippen molar-refractivity contribution in [2.45, 2.75) is 45.2 Å². The van der Waals surface area contributed by atoms with Crippen LogP contribution in [0.4, 0.5) is 0 Å². The standard InChI is InChI=1S/C13H22N4/c1-2-12-11-9-15-8-5-13(11)17(16-12)10-3-6-14-7-4-10/h10,14-15H,2-9H2,1H3. The molecule has 0 saturated carbocycles. The molecule has 0 radical (unpaired) electrons. The molecule has 0 aromatic carbocycles. The van der Waals surface area contributed by atoms with E-state index in [0.29, 0.717) is 6.04 Å². The van der Waals surface area contributed by atoms with E-state index in [-0.39, 0.29) is 0 Å². The molecular weight excluding hydrogens is 212 g/mol. The third-order valence-electron chi connectivity index (χ3n) is 4.03. The van der Waals surface area contributed by atoms with Crippen LogP contribution in [-0.4, -0.2) is 29.4 Å². The van der Waals surface area contributed by atoms with Crippen molar-refractivity contribution in [3.8, 4) is 0 Å². The van der Waals surface area contributed by atoms with Gasteiger partial charge in [0.05, 0.1) is 11.7 Å². The smallest absolute Gasteiger partial charge is 0.0669 e. The average Bonchev–Trinajstić information content (AvgIpc) is 2.78. The van der Waals surface area contributed by atoms with Crippen LogP contribution in [0, 0.1) is 0 Å². The van der Waals surface area contributed by atoms with Gasteiger partial charge in [-0.2, -0.15) is 5.10 Å². The highest BCUT2D eigenvalue weighted by Gasteiger charge is 2.24. The number of fused-ring (bicyclic) bond motifs is 1. The molecule has 2 aliphatic rings. The van der Waals surface area contributed by atoms with Gasteiger partial charge in [-0.15, -0.1) is 0 Å². The first-order valence-corrected chi connectivity index (χ1v) is 6.90. The lowest BCUT2D eigenvalue weighted by atomic mass is 10.0. The summed E-state index contributed by atoms with van der Waals surface area (Å²) >= 11 is 0. The average molecular weight is 234 g/mol. The van der Waals surface area contributed by atoms with Gasteiger partial charge in [-0.1, -0.05) is 6.92 Å². The number of hydrogen-bond donors (Lipinski definition) is 2. The normalized spacial score (nSPS) is 21.5. The lowest BCUT2D eigenvalue weighted by Crippen LogP contribution is -2.32. The summed E-state index contributed by atoms with van der Waals surface area (Å²) in [6, 6.07) is 0.628. The molecule has 1 aromatic heterocycles. The molecule has 4 nitrogen and oxygen atoms in total. The SMILES string of the molecule is CCc1nn(C2CCNCC2)c2c1CNCC2. The minimum Gasteiger partial charge on any atom is -0.317 e. The molecule has 2 aliphatic heterocycles. The summed E-state index contributed by atoms with van der Waals surface area (Å²) < 4.78 is 2.36. The summed E-state index contributed by atoms with van der Waals surface area (Å²) in [6.07, 6.45) is 4.66. The molecule has 0 amide bonds. The number of hydrogen-bond acceptors (Lipinski definition) is 3. The third kappa shape index (κ3) is 2.00. The Kier molecular flexibility index (Phi) is 3.16. The van der Waals surface area contributed by atoms with Gasteiger partial charge in [0, 0.05) is 30.8 Å². The van der Waals surface area contributed by atoms with Crippen molar-refractivity contribution >= 4 is 0 Å². The van der Waals surface area contributed by atoms with E-state index in [0.717, 1.165) is 39.0 Å². The van der Waals surface area contributed by atoms with E-state index in [1.54, 1.807) is 0 Å². The van der Waals surface area contributed by atoms with Gasteiger partial charge in [-0.05, 0) is 32.4 Å². The van der Waals surface area contributed by atoms with Crippen LogP contribution < -0.4 is 10.6 Å². The lowest BCUT2D eigenvalue weighted by Gasteiger charge is -2.26. The van der Waals surface area contributed by atoms with E-state index in [2.05, 4.69) is 22.2 Å². The first kappa shape index (κ1) is 11.2. The van der Waals surface area contributed by atoms with Gasteiger partial charge in [-0.25, -0.2) is 0 Å². The molecule has 0 unspecified atom stereocenters. The molecule has 2 N–H and O–H groups in total. The van der Waals surface area contributed by atoms with Crippen molar-refractivity contribution < 1.29 is 0 Å². The summed E-state index contributed by atoms with van der Waals surface area (Å²) in [6.45, 7) is 6.61. The quantitative estimate of drug-likeness (QED) is 0.802. The summed E-state index contributed by atoms with van der Waals surface area (Å²) in [5, 5.41) is 11.8. The molecule has 0 atom stereocenters. The van der Waals surface area contributed by atoms with Crippen molar-refractivity contribution in [2.75, 3.05) is 19.6 Å². The first-order valence-electron chi connectivity index (χ1n) is 6.90. The maximum atomic E-state index is 4.88. The van der Waals surface area contributed by atoms with Crippen molar-refractivity contribution in [3.05, 3.63) is 17.0 Å². The minimum absolute atomic E-state index is 0.628. The van der Waals surface area contributed by atoms with Crippen molar-refractivity contribution in [1.29, 1.82) is 0 Å². The molecule has 0 spiro atoms. The van der Waals surface area contributed by atoms with E-state index < -0.39 is 0 Å². The molecule has 1 saturated heterocycles. The molecule has 0 bridgehead atoms. The fraction of sp³-hybridized carbons (Fsp3) is 0.769. The number of aryl methyl sites for hydroxylation is 1. The van der Waals surface area contributed by atoms with Gasteiger partial charge in [-0.3, -0.25) is 4.68 Å². The van der Waals surface area contributed by atoms with E-state index >= 15 is 0 Å². The van der Waals surface area contributed by atoms with Gasteiger partial charge in [0.1, 0.15) is 0 Å². The van der Waals surface area contributed by atoms with E-state index in [4.69, 9.17) is 5.10 Å². The maximum Gasteiger partial charge on any atom is 0.0669 e. The van der Waals surface area contributed by atoms with E-state index in [1.807, 2.05) is 0 Å². The molecular formula is C13H22N4. The van der Waals surface area contributed by atoms with Crippen molar-refractivity contribution in [1.82, 2.24) is 20.4 Å². The molecule has 1 fully saturated rings. The summed E-state index contributed by atoms with van der Waals surface area (Å²) in [4.78, 5) is 0. The first-order chi connectivity index (χ1) is 8.40. The molecule has 3 rings (SSSR count). The zero-order valence-corrected chi connectivity index (χ0v) is 10.6. The summed E-state index contributed by atoms with van der Waals surface area (Å²) in [7, 11) is 0. The Hall–Kier alpha value is -0.870. The molecule has 4 heteroatoms. The van der Waals surface area contributed by atoms with E-state index in [9.17, 15) is 0 Å². The Morgan fingerprint density at radius 2 is 2.06 bits per heavy atom. The highest BCUT2D eigenvalue weighted by atomic mass is 15.3. The number of nitrogens with one attached hydrogen (secondary N) is 2. The van der Waals surface area contributed by atoms with Crippen LogP contribution >= 0.6 is 0 Å². The van der Waals surface area contributed by atoms with E-state index in [1.165, 1.54) is 29.8 Å². The monoisotopic (exact) mass is 234 g/mol. The highest BCUT2D eigenvalue weighted by molar-refractivity contribution is 5.29. The Bertz CT molecular complexity index is 390. The van der Waals surface area contributed by atoms with Crippen LogP contribution in [-0.2, 0) is 19.4 Å². The second kappa shape index (κ2) is 4.78. The van der Waals surface area contributed by atoms with Crippen molar-refractivity contribution in [3.63, 3.8) is 0 Å². The molecule has 1 aromatic rings. The third-order valence-corrected chi connectivity index (χ3v) is 4.03. The van der Waals surface area contributed by atoms with Gasteiger partial charge < -0.3 is 10.6 Å². The molecule has 0 aliphatic carbocycles. The van der Waals surface area contributed by atoms with Crippen LogP contribution in [0.5, 0.6) is 0 Å². The lowest BCUT2D eigenvalue weighted by molar-refractivity contribution is 0.332. The van der Waals surface area contributed by atoms with Crippen LogP contribution in [0.25, 0.3) is 0 Å². The van der Waals surface area contributed by atoms with Crippen molar-refractivity contribution in [2.24, 2.45) is 0 Å². The zero-order valence-electron chi connectivity index (χ0n) is 10.6. The second-order valence-corrected chi connectivity index (χ2v) is 5.08. The fourth-order valence-corrected chi connectivity index (χ4v) is 3.08. The summed E-state index contributed by atoms with van der Waals surface area (Å²) in [5.74, 6) is 0. The Balaban J connectivity index is 1.95. The topological polar surface area (TPSA) is 41.9 Å². The predicted molar refractivity (Wildman–Crippen MR) is 68.2 cm³/mol. The number of piperidine rings is 1. The zero-order chi connectivity index (χ0) is 11.7. The van der Waals surface area contributed by atoms with Crippen LogP contribution in [0.1, 0.15) is 42.8 Å². The van der Waals surface area contributed by atoms with Gasteiger partial charge in [0.25, 0.3) is 0 Å². The number of rotatable bonds is 2. The van der Waals surface area contributed by atoms with Crippen LogP contribution in [0.2, 0.25) is 0 Å². The Morgan fingerprint density at radius 3 is 2.82 bits per heavy atom. The fourth-order valence-electron chi connectivity index (χ4n) is 3.08. The van der Waals surface area contributed by atoms with Gasteiger partial charge >= 0.3 is 0 Å². The highest BCUT2D eigenvalue weighted by Crippen LogP contribution is 2.26. The Labute approximate surface area is 103 Å². The molecule has 3 heterocycles. The number of nitrogens with zero attached hydrogens (tertiary/aromatic N) is 2. The largest absolute Gasteiger partial charge is 0.317 e. The maximum absolute atomic E-state index is 4.88. The number of aromatic nitrogens is 2. The molecule has 94 valence electrons. The second-order valence-electron chi connectivity index (χ2n) is 5.08. The molecule has 17 heavy (non-hydrogen) atoms. The van der Waals surface area contributed by atoms with Crippen LogP contribution in [0.15, 0.2) is 0 Å². The summed E-state index contributed by atoms with van der Waals surface area (Å²) in [5.41, 5.74) is 4.30. The minimum atomic E-state index is 0.628. The predicted octanol–water partition coefficient (Wildman–Crippen LogP) is 1.02. The van der Waals surface area contributed by atoms with Gasteiger partial charge in [0.2, 0.25) is 0 Å². The van der Waals surface area contributed by atoms with Crippen LogP contribution in [0.3, 0.4) is 0 Å². The van der Waals surface area contributed by atoms with Gasteiger partial charge in [0.15, 0.2) is 0 Å².